The fourth-order valence-corrected chi connectivity index (χ4v) is 5.04. The van der Waals surface area contributed by atoms with Gasteiger partial charge >= 0.3 is 12.1 Å². The van der Waals surface area contributed by atoms with Crippen LogP contribution in [0.1, 0.15) is 65.9 Å². The second-order valence-corrected chi connectivity index (χ2v) is 10.3. The number of piperidine rings is 1. The Morgan fingerprint density at radius 3 is 2.33 bits per heavy atom. The van der Waals surface area contributed by atoms with Crippen LogP contribution in [0.25, 0.3) is 0 Å². The van der Waals surface area contributed by atoms with Crippen LogP contribution in [0.2, 0.25) is 0 Å². The number of fused-ring (bicyclic) bond motifs is 2. The molecule has 1 heterocycles. The molecule has 1 aliphatic heterocycles. The monoisotopic (exact) mass is 504 g/mol. The number of hydrogen-bond donors (Lipinski definition) is 1. The van der Waals surface area contributed by atoms with Gasteiger partial charge in [-0.2, -0.15) is 0 Å². The number of likely N-dealkylation sites (tertiary alicyclic amines) is 1. The van der Waals surface area contributed by atoms with Crippen LogP contribution >= 0.6 is 0 Å². The summed E-state index contributed by atoms with van der Waals surface area (Å²) in [5, 5.41) is 2.95. The van der Waals surface area contributed by atoms with E-state index in [1.807, 2.05) is 44.2 Å². The standard InChI is InChI=1S/C27H40N2O7/c1-6-33-25(34-7-2)21(16-22(30)36-27(3,4)5)28-24(31)23-19-13-14-20(15-19)29(23)26(32)35-17-18-11-9-8-10-12-18/h8-12,19-21,23,25H,6-7,13-17H2,1-5H3,(H,28,31)/t19-,20?,21-,23-/m0/s1. The van der Waals surface area contributed by atoms with E-state index in [4.69, 9.17) is 18.9 Å². The average molecular weight is 505 g/mol. The first-order valence-electron chi connectivity index (χ1n) is 12.9. The third-order valence-corrected chi connectivity index (χ3v) is 6.39. The van der Waals surface area contributed by atoms with Gasteiger partial charge in [0.15, 0.2) is 6.29 Å². The van der Waals surface area contributed by atoms with Gasteiger partial charge in [-0.15, -0.1) is 0 Å². The molecule has 9 nitrogen and oxygen atoms in total. The third-order valence-electron chi connectivity index (χ3n) is 6.39. The van der Waals surface area contributed by atoms with Gasteiger partial charge < -0.3 is 24.3 Å². The van der Waals surface area contributed by atoms with Crippen LogP contribution in [0.15, 0.2) is 30.3 Å². The molecular weight excluding hydrogens is 464 g/mol. The first-order valence-corrected chi connectivity index (χ1v) is 12.9. The van der Waals surface area contributed by atoms with E-state index in [9.17, 15) is 14.4 Å². The fourth-order valence-electron chi connectivity index (χ4n) is 5.04. The summed E-state index contributed by atoms with van der Waals surface area (Å²) in [5.41, 5.74) is 0.215. The molecule has 2 fully saturated rings. The lowest BCUT2D eigenvalue weighted by Crippen LogP contribution is -2.57. The number of ether oxygens (including phenoxy) is 4. The molecule has 0 aromatic heterocycles. The Balaban J connectivity index is 1.73. The molecule has 0 radical (unpaired) electrons. The van der Waals surface area contributed by atoms with Crippen molar-refractivity contribution in [3.63, 3.8) is 0 Å². The predicted molar refractivity (Wildman–Crippen MR) is 133 cm³/mol. The molecule has 1 aromatic carbocycles. The van der Waals surface area contributed by atoms with Gasteiger partial charge in [0.2, 0.25) is 5.91 Å². The molecule has 1 saturated heterocycles. The van der Waals surface area contributed by atoms with Gasteiger partial charge in [-0.05, 0) is 65.4 Å². The molecule has 200 valence electrons. The van der Waals surface area contributed by atoms with Crippen molar-refractivity contribution < 1.29 is 33.3 Å². The van der Waals surface area contributed by atoms with Crippen LogP contribution in [0.4, 0.5) is 4.79 Å². The highest BCUT2D eigenvalue weighted by Crippen LogP contribution is 2.43. The number of nitrogens with one attached hydrogen (secondary N) is 1. The highest BCUT2D eigenvalue weighted by molar-refractivity contribution is 5.88. The first kappa shape index (κ1) is 27.9. The molecular formula is C27H40N2O7. The molecule has 1 aliphatic carbocycles. The minimum absolute atomic E-state index is 0.0343. The SMILES string of the molecule is CCOC(OCC)[C@H](CC(=O)OC(C)(C)C)NC(=O)[C@@H]1[C@H]2CCC(C2)N1C(=O)OCc1ccccc1. The summed E-state index contributed by atoms with van der Waals surface area (Å²) >= 11 is 0. The third kappa shape index (κ3) is 7.43. The average Bonchev–Trinajstić information content (AvgIpc) is 3.43. The summed E-state index contributed by atoms with van der Waals surface area (Å²) in [6.45, 7) is 9.83. The fraction of sp³-hybridized carbons (Fsp3) is 0.667. The van der Waals surface area contributed by atoms with Crippen molar-refractivity contribution in [3.8, 4) is 0 Å². The van der Waals surface area contributed by atoms with Crippen molar-refractivity contribution in [2.75, 3.05) is 13.2 Å². The first-order chi connectivity index (χ1) is 17.1. The smallest absolute Gasteiger partial charge is 0.411 e. The van der Waals surface area contributed by atoms with Crippen LogP contribution in [-0.4, -0.2) is 66.1 Å². The minimum Gasteiger partial charge on any atom is -0.460 e. The van der Waals surface area contributed by atoms with Crippen molar-refractivity contribution in [1.29, 1.82) is 0 Å². The normalized spacial score (nSPS) is 21.9. The van der Waals surface area contributed by atoms with Gasteiger partial charge in [0.1, 0.15) is 18.2 Å². The summed E-state index contributed by atoms with van der Waals surface area (Å²) in [5.74, 6) is -0.764. The summed E-state index contributed by atoms with van der Waals surface area (Å²) < 4.78 is 22.5. The molecule has 2 aliphatic rings. The van der Waals surface area contributed by atoms with Crippen molar-refractivity contribution >= 4 is 18.0 Å². The molecule has 3 rings (SSSR count). The molecule has 4 atom stereocenters. The van der Waals surface area contributed by atoms with E-state index < -0.39 is 36.0 Å². The Kier molecular flexibility index (Phi) is 9.73. The van der Waals surface area contributed by atoms with Crippen LogP contribution in [0.5, 0.6) is 0 Å². The van der Waals surface area contributed by atoms with Crippen molar-refractivity contribution in [1.82, 2.24) is 10.2 Å². The summed E-state index contributed by atoms with van der Waals surface area (Å²) in [6, 6.07) is 7.96. The van der Waals surface area contributed by atoms with Gasteiger partial charge in [-0.1, -0.05) is 30.3 Å². The predicted octanol–water partition coefficient (Wildman–Crippen LogP) is 3.79. The number of hydrogen-bond acceptors (Lipinski definition) is 7. The zero-order valence-electron chi connectivity index (χ0n) is 22.0. The maximum absolute atomic E-state index is 13.6. The van der Waals surface area contributed by atoms with E-state index in [0.29, 0.717) is 13.2 Å². The highest BCUT2D eigenvalue weighted by Gasteiger charge is 2.52. The second-order valence-electron chi connectivity index (χ2n) is 10.3. The van der Waals surface area contributed by atoms with Gasteiger partial charge in [-0.3, -0.25) is 14.5 Å². The van der Waals surface area contributed by atoms with E-state index >= 15 is 0 Å². The summed E-state index contributed by atoms with van der Waals surface area (Å²) in [4.78, 5) is 40.9. The summed E-state index contributed by atoms with van der Waals surface area (Å²) in [6.07, 6.45) is 1.02. The molecule has 1 unspecified atom stereocenters. The number of benzene rings is 1. The van der Waals surface area contributed by atoms with E-state index in [1.54, 1.807) is 25.7 Å². The Hall–Kier alpha value is -2.65. The number of carbonyl (C=O) groups is 3. The van der Waals surface area contributed by atoms with E-state index in [1.165, 1.54) is 0 Å². The van der Waals surface area contributed by atoms with Gasteiger partial charge in [0.05, 0.1) is 12.5 Å². The molecule has 1 saturated carbocycles. The quantitative estimate of drug-likeness (QED) is 0.361. The zero-order chi connectivity index (χ0) is 26.3. The van der Waals surface area contributed by atoms with Gasteiger partial charge in [-0.25, -0.2) is 4.79 Å². The molecule has 0 spiro atoms. The van der Waals surface area contributed by atoms with E-state index in [-0.39, 0.29) is 30.9 Å². The van der Waals surface area contributed by atoms with Crippen LogP contribution in [0, 0.1) is 5.92 Å². The van der Waals surface area contributed by atoms with Gasteiger partial charge in [0, 0.05) is 19.3 Å². The lowest BCUT2D eigenvalue weighted by Gasteiger charge is -2.35. The number of esters is 1. The lowest BCUT2D eigenvalue weighted by molar-refractivity contribution is -0.173. The Morgan fingerprint density at radius 2 is 1.72 bits per heavy atom. The highest BCUT2D eigenvalue weighted by atomic mass is 16.7. The van der Waals surface area contributed by atoms with E-state index in [0.717, 1.165) is 24.8 Å². The molecule has 2 amide bonds. The molecule has 1 aromatic rings. The molecule has 9 heteroatoms. The molecule has 36 heavy (non-hydrogen) atoms. The topological polar surface area (TPSA) is 103 Å². The number of carbonyl (C=O) groups excluding carboxylic acids is 3. The van der Waals surface area contributed by atoms with Crippen molar-refractivity contribution in [2.24, 2.45) is 5.92 Å². The van der Waals surface area contributed by atoms with E-state index in [2.05, 4.69) is 5.32 Å². The second kappa shape index (κ2) is 12.5. The van der Waals surface area contributed by atoms with Crippen molar-refractivity contribution in [3.05, 3.63) is 35.9 Å². The molecule has 1 N–H and O–H groups in total. The number of amides is 2. The number of nitrogens with zero attached hydrogens (tertiary/aromatic N) is 1. The summed E-state index contributed by atoms with van der Waals surface area (Å²) in [7, 11) is 0. The van der Waals surface area contributed by atoms with Crippen LogP contribution < -0.4 is 5.32 Å². The van der Waals surface area contributed by atoms with Gasteiger partial charge in [0.25, 0.3) is 0 Å². The van der Waals surface area contributed by atoms with Crippen LogP contribution in [0.3, 0.4) is 0 Å². The molecule has 2 bridgehead atoms. The largest absolute Gasteiger partial charge is 0.460 e. The Bertz CT molecular complexity index is 880. The van der Waals surface area contributed by atoms with Crippen LogP contribution in [-0.2, 0) is 35.1 Å². The maximum atomic E-state index is 13.6. The Labute approximate surface area is 213 Å². The Morgan fingerprint density at radius 1 is 1.06 bits per heavy atom. The van der Waals surface area contributed by atoms with Crippen molar-refractivity contribution in [2.45, 2.75) is 96.9 Å². The zero-order valence-corrected chi connectivity index (χ0v) is 22.0. The maximum Gasteiger partial charge on any atom is 0.411 e. The minimum atomic E-state index is -0.825. The number of rotatable bonds is 11. The lowest BCUT2D eigenvalue weighted by atomic mass is 9.97.